The number of hydrogen-bond acceptors (Lipinski definition) is 8. The summed E-state index contributed by atoms with van der Waals surface area (Å²) in [4.78, 5) is 18.8. The van der Waals surface area contributed by atoms with E-state index >= 15 is 0 Å². The highest BCUT2D eigenvalue weighted by atomic mass is 32.2. The molecule has 0 aliphatic carbocycles. The maximum atomic E-state index is 5.79. The Bertz CT molecular complexity index is 576. The van der Waals surface area contributed by atoms with Crippen molar-refractivity contribution in [2.24, 2.45) is 0 Å². The van der Waals surface area contributed by atoms with E-state index in [0.29, 0.717) is 22.4 Å². The average Bonchev–Trinajstić information content (AvgIpc) is 2.90. The number of nitrogen functional groups attached to an aromatic ring is 1. The van der Waals surface area contributed by atoms with Gasteiger partial charge in [-0.2, -0.15) is 36.5 Å². The summed E-state index contributed by atoms with van der Waals surface area (Å²) in [5, 5.41) is 5.09. The van der Waals surface area contributed by atoms with Crippen LogP contribution in [0.25, 0.3) is 5.95 Å². The van der Waals surface area contributed by atoms with Crippen molar-refractivity contribution in [3.05, 3.63) is 12.7 Å². The van der Waals surface area contributed by atoms with Crippen molar-refractivity contribution >= 4 is 23.7 Å². The molecule has 9 heteroatoms. The average molecular weight is 292 g/mol. The van der Waals surface area contributed by atoms with Gasteiger partial charge in [0.05, 0.1) is 0 Å². The lowest BCUT2D eigenvalue weighted by Crippen LogP contribution is -2.41. The second-order valence-electron chi connectivity index (χ2n) is 4.80. The van der Waals surface area contributed by atoms with Gasteiger partial charge in [-0.15, -0.1) is 0 Å². The zero-order valence-electron chi connectivity index (χ0n) is 11.3. The van der Waals surface area contributed by atoms with E-state index in [4.69, 9.17) is 5.73 Å². The van der Waals surface area contributed by atoms with Crippen LogP contribution in [0.4, 0.5) is 11.9 Å². The molecule has 8 nitrogen and oxygen atoms in total. The van der Waals surface area contributed by atoms with E-state index in [1.54, 1.807) is 0 Å². The topological polar surface area (TPSA) is 98.6 Å². The van der Waals surface area contributed by atoms with Gasteiger partial charge in [-0.25, -0.2) is 4.98 Å². The second-order valence-corrected chi connectivity index (χ2v) is 6.68. The fourth-order valence-corrected chi connectivity index (χ4v) is 3.59. The number of nitrogens with two attached hydrogens (primary N) is 1. The molecular formula is C11H16N8S. The number of aromatic nitrogens is 6. The van der Waals surface area contributed by atoms with Crippen molar-refractivity contribution in [3.8, 4) is 5.95 Å². The Morgan fingerprint density at radius 3 is 2.50 bits per heavy atom. The van der Waals surface area contributed by atoms with Gasteiger partial charge in [0.25, 0.3) is 5.95 Å². The molecule has 3 heterocycles. The quantitative estimate of drug-likeness (QED) is 0.847. The lowest BCUT2D eigenvalue weighted by Gasteiger charge is -2.34. The summed E-state index contributed by atoms with van der Waals surface area (Å²) in [6, 6.07) is 0. The van der Waals surface area contributed by atoms with Gasteiger partial charge in [0, 0.05) is 23.6 Å². The zero-order chi connectivity index (χ0) is 14.1. The molecule has 1 aliphatic rings. The highest BCUT2D eigenvalue weighted by Crippen LogP contribution is 2.27. The first-order valence-electron chi connectivity index (χ1n) is 6.39. The number of nitrogens with zero attached hydrogens (tertiary/aromatic N) is 7. The van der Waals surface area contributed by atoms with Crippen molar-refractivity contribution in [1.82, 2.24) is 29.7 Å². The Balaban J connectivity index is 1.93. The molecule has 0 spiro atoms. The fraction of sp³-hybridized carbons (Fsp3) is 0.545. The van der Waals surface area contributed by atoms with E-state index < -0.39 is 0 Å². The summed E-state index contributed by atoms with van der Waals surface area (Å²) < 4.78 is 1.48. The number of hydrogen-bond donors (Lipinski definition) is 1. The Morgan fingerprint density at radius 2 is 1.85 bits per heavy atom. The van der Waals surface area contributed by atoms with E-state index in [2.05, 4.69) is 43.8 Å². The van der Waals surface area contributed by atoms with Gasteiger partial charge in [-0.05, 0) is 0 Å². The van der Waals surface area contributed by atoms with E-state index in [0.717, 1.165) is 13.1 Å². The predicted molar refractivity (Wildman–Crippen MR) is 77.9 cm³/mol. The van der Waals surface area contributed by atoms with Crippen LogP contribution in [0.1, 0.15) is 13.8 Å². The van der Waals surface area contributed by atoms with Crippen molar-refractivity contribution in [2.75, 3.05) is 23.7 Å². The van der Waals surface area contributed by atoms with Gasteiger partial charge >= 0.3 is 0 Å². The van der Waals surface area contributed by atoms with Gasteiger partial charge in [0.2, 0.25) is 11.9 Å². The lowest BCUT2D eigenvalue weighted by molar-refractivity contribution is 0.695. The summed E-state index contributed by atoms with van der Waals surface area (Å²) in [5.41, 5.74) is 5.79. The summed E-state index contributed by atoms with van der Waals surface area (Å²) in [7, 11) is 0. The molecule has 1 fully saturated rings. The molecule has 3 rings (SSSR count). The van der Waals surface area contributed by atoms with Crippen LogP contribution in [-0.4, -0.2) is 53.3 Å². The van der Waals surface area contributed by atoms with Crippen LogP contribution in [0.2, 0.25) is 0 Å². The first-order valence-corrected chi connectivity index (χ1v) is 7.33. The smallest absolute Gasteiger partial charge is 0.258 e. The maximum absolute atomic E-state index is 5.79. The first kappa shape index (κ1) is 13.1. The van der Waals surface area contributed by atoms with E-state index in [1.165, 1.54) is 17.3 Å². The molecule has 20 heavy (non-hydrogen) atoms. The molecule has 1 aliphatic heterocycles. The monoisotopic (exact) mass is 292 g/mol. The van der Waals surface area contributed by atoms with E-state index in [9.17, 15) is 0 Å². The summed E-state index contributed by atoms with van der Waals surface area (Å²) in [6.07, 6.45) is 2.97. The van der Waals surface area contributed by atoms with Gasteiger partial charge in [0.15, 0.2) is 0 Å². The van der Waals surface area contributed by atoms with Crippen LogP contribution >= 0.6 is 11.8 Å². The van der Waals surface area contributed by atoms with Crippen molar-refractivity contribution in [2.45, 2.75) is 24.3 Å². The Kier molecular flexibility index (Phi) is 3.43. The maximum Gasteiger partial charge on any atom is 0.258 e. The van der Waals surface area contributed by atoms with Crippen LogP contribution in [-0.2, 0) is 0 Å². The number of anilines is 2. The van der Waals surface area contributed by atoms with E-state index in [-0.39, 0.29) is 5.95 Å². The third kappa shape index (κ3) is 2.67. The minimum Gasteiger partial charge on any atom is -0.368 e. The largest absolute Gasteiger partial charge is 0.368 e. The van der Waals surface area contributed by atoms with Crippen LogP contribution in [0.5, 0.6) is 0 Å². The van der Waals surface area contributed by atoms with E-state index in [1.807, 2.05) is 11.8 Å². The molecule has 1 saturated heterocycles. The molecule has 0 radical (unpaired) electrons. The third-order valence-electron chi connectivity index (χ3n) is 2.96. The molecule has 2 aromatic heterocycles. The summed E-state index contributed by atoms with van der Waals surface area (Å²) in [5.74, 6) is 1.18. The van der Waals surface area contributed by atoms with Crippen LogP contribution in [0.15, 0.2) is 12.7 Å². The van der Waals surface area contributed by atoms with Gasteiger partial charge in [-0.1, -0.05) is 13.8 Å². The minimum atomic E-state index is 0.194. The fourth-order valence-electron chi connectivity index (χ4n) is 2.27. The zero-order valence-corrected chi connectivity index (χ0v) is 12.2. The van der Waals surface area contributed by atoms with Gasteiger partial charge in [0.1, 0.15) is 12.7 Å². The third-order valence-corrected chi connectivity index (χ3v) is 4.18. The highest BCUT2D eigenvalue weighted by Gasteiger charge is 2.25. The van der Waals surface area contributed by atoms with Crippen molar-refractivity contribution in [3.63, 3.8) is 0 Å². The normalized spacial score (nSPS) is 23.0. The molecule has 0 amide bonds. The Morgan fingerprint density at radius 1 is 1.15 bits per heavy atom. The first-order chi connectivity index (χ1) is 9.61. The highest BCUT2D eigenvalue weighted by molar-refractivity contribution is 8.00. The molecule has 2 unspecified atom stereocenters. The summed E-state index contributed by atoms with van der Waals surface area (Å²) >= 11 is 1.97. The van der Waals surface area contributed by atoms with Crippen LogP contribution < -0.4 is 10.6 Å². The molecule has 0 aromatic carbocycles. The molecule has 2 N–H and O–H groups in total. The predicted octanol–water partition coefficient (Wildman–Crippen LogP) is 0.365. The molecular weight excluding hydrogens is 276 g/mol. The Hall–Kier alpha value is -1.90. The molecule has 106 valence electrons. The molecule has 2 aromatic rings. The number of rotatable bonds is 2. The molecule has 2 atom stereocenters. The van der Waals surface area contributed by atoms with Crippen molar-refractivity contribution in [1.29, 1.82) is 0 Å². The van der Waals surface area contributed by atoms with Crippen LogP contribution in [0.3, 0.4) is 0 Å². The second kappa shape index (κ2) is 5.23. The molecule has 0 bridgehead atoms. The van der Waals surface area contributed by atoms with Gasteiger partial charge < -0.3 is 10.6 Å². The summed E-state index contributed by atoms with van der Waals surface area (Å²) in [6.45, 7) is 6.21. The number of thioether (sulfide) groups is 1. The Labute approximate surface area is 120 Å². The van der Waals surface area contributed by atoms with Gasteiger partial charge in [-0.3, -0.25) is 0 Å². The minimum absolute atomic E-state index is 0.194. The van der Waals surface area contributed by atoms with Crippen molar-refractivity contribution < 1.29 is 0 Å². The van der Waals surface area contributed by atoms with Crippen LogP contribution in [0, 0.1) is 0 Å². The standard InChI is InChI=1S/C11H16N8S/c1-7-3-18(4-8(2)20-7)10-15-9(12)16-11(17-10)19-6-13-5-14-19/h5-8H,3-4H2,1-2H3,(H2,12,15,16,17). The molecule has 0 saturated carbocycles. The SMILES string of the molecule is CC1CN(c2nc(N)nc(-n3cncn3)n2)CC(C)S1. The lowest BCUT2D eigenvalue weighted by atomic mass is 10.3.